The van der Waals surface area contributed by atoms with Crippen molar-refractivity contribution in [2.45, 2.75) is 4.90 Å². The SMILES string of the molecule is CSc1c(C=O)[nH]c2c(C(=O)c3ccc(Br)cc3)cccc12. The minimum atomic E-state index is -0.0653. The Labute approximate surface area is 140 Å². The minimum absolute atomic E-state index is 0.0653. The molecule has 3 aromatic rings. The number of benzene rings is 2. The molecule has 0 atom stereocenters. The van der Waals surface area contributed by atoms with E-state index in [4.69, 9.17) is 0 Å². The average Bonchev–Trinajstić information content (AvgIpc) is 2.92. The Kier molecular flexibility index (Phi) is 4.18. The third kappa shape index (κ3) is 2.51. The lowest BCUT2D eigenvalue weighted by Gasteiger charge is -2.03. The lowest BCUT2D eigenvalue weighted by atomic mass is 10.0. The second kappa shape index (κ2) is 6.10. The van der Waals surface area contributed by atoms with E-state index in [-0.39, 0.29) is 5.78 Å². The molecule has 5 heteroatoms. The predicted molar refractivity (Wildman–Crippen MR) is 93.0 cm³/mol. The summed E-state index contributed by atoms with van der Waals surface area (Å²) < 4.78 is 0.926. The van der Waals surface area contributed by atoms with E-state index < -0.39 is 0 Å². The first-order valence-corrected chi connectivity index (χ1v) is 8.61. The van der Waals surface area contributed by atoms with E-state index in [1.807, 2.05) is 30.5 Å². The van der Waals surface area contributed by atoms with E-state index in [9.17, 15) is 9.59 Å². The normalized spacial score (nSPS) is 10.8. The zero-order chi connectivity index (χ0) is 15.7. The fourth-order valence-corrected chi connectivity index (χ4v) is 3.44. The van der Waals surface area contributed by atoms with Crippen molar-refractivity contribution in [3.05, 3.63) is 63.8 Å². The molecule has 110 valence electrons. The number of nitrogens with one attached hydrogen (secondary N) is 1. The van der Waals surface area contributed by atoms with E-state index in [0.717, 1.165) is 21.0 Å². The van der Waals surface area contributed by atoms with Gasteiger partial charge in [-0.2, -0.15) is 0 Å². The minimum Gasteiger partial charge on any atom is -0.351 e. The van der Waals surface area contributed by atoms with E-state index in [2.05, 4.69) is 20.9 Å². The highest BCUT2D eigenvalue weighted by Gasteiger charge is 2.17. The number of carbonyl (C=O) groups is 2. The molecule has 0 aliphatic rings. The molecule has 0 aliphatic carbocycles. The molecule has 0 saturated heterocycles. The lowest BCUT2D eigenvalue weighted by molar-refractivity contribution is 0.103. The molecule has 0 fully saturated rings. The second-order valence-corrected chi connectivity index (χ2v) is 6.49. The number of aromatic nitrogens is 1. The molecule has 0 amide bonds. The zero-order valence-electron chi connectivity index (χ0n) is 11.7. The Hall–Kier alpha value is -1.85. The number of hydrogen-bond donors (Lipinski definition) is 1. The molecule has 22 heavy (non-hydrogen) atoms. The van der Waals surface area contributed by atoms with Crippen LogP contribution in [0.2, 0.25) is 0 Å². The van der Waals surface area contributed by atoms with Crippen molar-refractivity contribution in [2.24, 2.45) is 0 Å². The van der Waals surface area contributed by atoms with Crippen molar-refractivity contribution < 1.29 is 9.59 Å². The van der Waals surface area contributed by atoms with Crippen molar-refractivity contribution in [3.8, 4) is 0 Å². The number of halogens is 1. The highest BCUT2D eigenvalue weighted by Crippen LogP contribution is 2.32. The van der Waals surface area contributed by atoms with Crippen molar-refractivity contribution >= 4 is 50.7 Å². The van der Waals surface area contributed by atoms with Crippen molar-refractivity contribution in [3.63, 3.8) is 0 Å². The first-order chi connectivity index (χ1) is 10.7. The van der Waals surface area contributed by atoms with Gasteiger partial charge in [0.15, 0.2) is 12.1 Å². The molecule has 0 unspecified atom stereocenters. The summed E-state index contributed by atoms with van der Waals surface area (Å²) >= 11 is 4.86. The van der Waals surface area contributed by atoms with Crippen LogP contribution < -0.4 is 0 Å². The fraction of sp³-hybridized carbons (Fsp3) is 0.0588. The summed E-state index contributed by atoms with van der Waals surface area (Å²) in [5.74, 6) is -0.0653. The predicted octanol–water partition coefficient (Wildman–Crippen LogP) is 4.70. The highest BCUT2D eigenvalue weighted by atomic mass is 79.9. The van der Waals surface area contributed by atoms with E-state index in [0.29, 0.717) is 22.3 Å². The van der Waals surface area contributed by atoms with Crippen LogP contribution in [0.4, 0.5) is 0 Å². The van der Waals surface area contributed by atoms with Crippen molar-refractivity contribution in [1.29, 1.82) is 0 Å². The van der Waals surface area contributed by atoms with Crippen molar-refractivity contribution in [1.82, 2.24) is 4.98 Å². The fourth-order valence-electron chi connectivity index (χ4n) is 2.46. The molecule has 1 aromatic heterocycles. The summed E-state index contributed by atoms with van der Waals surface area (Å²) in [6.07, 6.45) is 2.71. The van der Waals surface area contributed by atoms with Crippen molar-refractivity contribution in [2.75, 3.05) is 6.26 Å². The molecular weight excluding hydrogens is 362 g/mol. The highest BCUT2D eigenvalue weighted by molar-refractivity contribution is 9.10. The number of fused-ring (bicyclic) bond motifs is 1. The molecule has 0 radical (unpaired) electrons. The standard InChI is InChI=1S/C17H12BrNO2S/c1-22-17-13-4-2-3-12(15(13)19-14(17)9-20)16(21)10-5-7-11(18)8-6-10/h2-9,19H,1H3. The molecular formula is C17H12BrNO2S. The molecule has 3 rings (SSSR count). The third-order valence-corrected chi connectivity index (χ3v) is 4.86. The smallest absolute Gasteiger partial charge is 0.195 e. The summed E-state index contributed by atoms with van der Waals surface area (Å²) in [7, 11) is 0. The second-order valence-electron chi connectivity index (χ2n) is 4.75. The number of ketones is 1. The largest absolute Gasteiger partial charge is 0.351 e. The number of thioether (sulfide) groups is 1. The van der Waals surface area contributed by atoms with Crippen LogP contribution in [0.5, 0.6) is 0 Å². The number of aldehydes is 1. The topological polar surface area (TPSA) is 49.9 Å². The number of hydrogen-bond acceptors (Lipinski definition) is 3. The molecule has 0 saturated carbocycles. The Morgan fingerprint density at radius 2 is 1.91 bits per heavy atom. The maximum Gasteiger partial charge on any atom is 0.195 e. The summed E-state index contributed by atoms with van der Waals surface area (Å²) in [4.78, 5) is 27.9. The van der Waals surface area contributed by atoms with Crippen LogP contribution in [0.25, 0.3) is 10.9 Å². The van der Waals surface area contributed by atoms with Gasteiger partial charge in [0.05, 0.1) is 11.2 Å². The number of carbonyl (C=O) groups excluding carboxylic acids is 2. The van der Waals surface area contributed by atoms with Crippen LogP contribution in [0.3, 0.4) is 0 Å². The van der Waals surface area contributed by atoms with Gasteiger partial charge in [-0.05, 0) is 36.6 Å². The Balaban J connectivity index is 2.18. The first kappa shape index (κ1) is 15.1. The van der Waals surface area contributed by atoms with Crippen LogP contribution in [-0.4, -0.2) is 23.3 Å². The summed E-state index contributed by atoms with van der Waals surface area (Å²) in [5, 5.41) is 0.901. The molecule has 0 spiro atoms. The summed E-state index contributed by atoms with van der Waals surface area (Å²) in [5.41, 5.74) is 2.41. The van der Waals surface area contributed by atoms with Crippen LogP contribution in [0.15, 0.2) is 51.8 Å². The van der Waals surface area contributed by atoms with Gasteiger partial charge in [-0.15, -0.1) is 11.8 Å². The van der Waals surface area contributed by atoms with Gasteiger partial charge in [-0.3, -0.25) is 9.59 Å². The van der Waals surface area contributed by atoms with E-state index >= 15 is 0 Å². The van der Waals surface area contributed by atoms with Crippen LogP contribution in [-0.2, 0) is 0 Å². The quantitative estimate of drug-likeness (QED) is 0.409. The van der Waals surface area contributed by atoms with Gasteiger partial charge in [-0.1, -0.05) is 28.1 Å². The van der Waals surface area contributed by atoms with Crippen LogP contribution in [0.1, 0.15) is 26.4 Å². The number of aromatic amines is 1. The summed E-state index contributed by atoms with van der Waals surface area (Å²) in [6.45, 7) is 0. The van der Waals surface area contributed by atoms with Gasteiger partial charge in [-0.25, -0.2) is 0 Å². The number of rotatable bonds is 4. The maximum atomic E-state index is 12.7. The van der Waals surface area contributed by atoms with E-state index in [1.165, 1.54) is 11.8 Å². The molecule has 3 nitrogen and oxygen atoms in total. The molecule has 1 heterocycles. The average molecular weight is 374 g/mol. The molecule has 0 aliphatic heterocycles. The monoisotopic (exact) mass is 373 g/mol. The molecule has 0 bridgehead atoms. The van der Waals surface area contributed by atoms with E-state index in [1.54, 1.807) is 18.2 Å². The number of para-hydroxylation sites is 1. The zero-order valence-corrected chi connectivity index (χ0v) is 14.1. The van der Waals surface area contributed by atoms with Gasteiger partial charge in [0, 0.05) is 25.9 Å². The van der Waals surface area contributed by atoms with Crippen LogP contribution >= 0.6 is 27.7 Å². The number of H-pyrrole nitrogens is 1. The Bertz CT molecular complexity index is 868. The third-order valence-electron chi connectivity index (χ3n) is 3.49. The van der Waals surface area contributed by atoms with Gasteiger partial charge in [0.25, 0.3) is 0 Å². The van der Waals surface area contributed by atoms with Gasteiger partial charge < -0.3 is 4.98 Å². The van der Waals surface area contributed by atoms with Gasteiger partial charge in [0.2, 0.25) is 0 Å². The Morgan fingerprint density at radius 1 is 1.18 bits per heavy atom. The molecule has 1 N–H and O–H groups in total. The molecule has 2 aromatic carbocycles. The lowest BCUT2D eigenvalue weighted by Crippen LogP contribution is -2.02. The van der Waals surface area contributed by atoms with Crippen LogP contribution in [0, 0.1) is 0 Å². The summed E-state index contributed by atoms with van der Waals surface area (Å²) in [6, 6.07) is 12.8. The van der Waals surface area contributed by atoms with Gasteiger partial charge >= 0.3 is 0 Å². The first-order valence-electron chi connectivity index (χ1n) is 6.60. The Morgan fingerprint density at radius 3 is 2.55 bits per heavy atom. The van der Waals surface area contributed by atoms with Gasteiger partial charge in [0.1, 0.15) is 0 Å². The maximum absolute atomic E-state index is 12.7.